The number of benzene rings is 2. The molecule has 198 valence electrons. The predicted molar refractivity (Wildman–Crippen MR) is 144 cm³/mol. The molecule has 0 radical (unpaired) electrons. The summed E-state index contributed by atoms with van der Waals surface area (Å²) in [7, 11) is -3.90. The minimum atomic E-state index is -3.90. The van der Waals surface area contributed by atoms with Crippen molar-refractivity contribution in [3.05, 3.63) is 58.1 Å². The highest BCUT2D eigenvalue weighted by Crippen LogP contribution is 2.31. The maximum Gasteiger partial charge on any atom is 0.244 e. The van der Waals surface area contributed by atoms with Crippen molar-refractivity contribution in [3.63, 3.8) is 0 Å². The first-order chi connectivity index (χ1) is 16.9. The highest BCUT2D eigenvalue weighted by atomic mass is 35.5. The molecule has 2 amide bonds. The molecule has 0 aliphatic carbocycles. The van der Waals surface area contributed by atoms with Gasteiger partial charge in [0.1, 0.15) is 18.3 Å². The van der Waals surface area contributed by atoms with E-state index in [1.54, 1.807) is 56.3 Å². The Kier molecular flexibility index (Phi) is 10.9. The SMILES string of the molecule is CCOc1ccccc1N(CC(=O)N(Cc1c(Cl)cccc1Cl)C(CC)C(=O)NC(C)C)S(C)(=O)=O. The van der Waals surface area contributed by atoms with E-state index in [2.05, 4.69) is 5.32 Å². The summed E-state index contributed by atoms with van der Waals surface area (Å²) in [6, 6.07) is 10.5. The van der Waals surface area contributed by atoms with E-state index < -0.39 is 28.5 Å². The average Bonchev–Trinajstić information content (AvgIpc) is 2.78. The Morgan fingerprint density at radius 3 is 2.17 bits per heavy atom. The van der Waals surface area contributed by atoms with Crippen LogP contribution in [0.3, 0.4) is 0 Å². The molecular weight excluding hydrogens is 525 g/mol. The lowest BCUT2D eigenvalue weighted by Crippen LogP contribution is -2.53. The summed E-state index contributed by atoms with van der Waals surface area (Å²) in [5, 5.41) is 3.50. The van der Waals surface area contributed by atoms with E-state index in [1.807, 2.05) is 13.8 Å². The van der Waals surface area contributed by atoms with Crippen LogP contribution in [0.4, 0.5) is 5.69 Å². The third-order valence-corrected chi connectivity index (χ3v) is 7.15. The highest BCUT2D eigenvalue weighted by molar-refractivity contribution is 7.92. The van der Waals surface area contributed by atoms with Crippen LogP contribution in [0.1, 0.15) is 39.7 Å². The maximum atomic E-state index is 13.8. The second-order valence-corrected chi connectivity index (χ2v) is 11.2. The van der Waals surface area contributed by atoms with E-state index in [4.69, 9.17) is 27.9 Å². The number of amides is 2. The molecule has 0 bridgehead atoms. The number of nitrogens with one attached hydrogen (secondary N) is 1. The Labute approximate surface area is 223 Å². The summed E-state index contributed by atoms with van der Waals surface area (Å²) >= 11 is 12.7. The smallest absolute Gasteiger partial charge is 0.244 e. The van der Waals surface area contributed by atoms with Crippen LogP contribution in [0.15, 0.2) is 42.5 Å². The molecule has 2 aromatic carbocycles. The first-order valence-electron chi connectivity index (χ1n) is 11.6. The molecule has 0 aliphatic rings. The minimum absolute atomic E-state index is 0.0773. The second-order valence-electron chi connectivity index (χ2n) is 8.48. The van der Waals surface area contributed by atoms with Gasteiger partial charge in [0.2, 0.25) is 21.8 Å². The van der Waals surface area contributed by atoms with Crippen molar-refractivity contribution < 1.29 is 22.7 Å². The minimum Gasteiger partial charge on any atom is -0.492 e. The predicted octanol–water partition coefficient (Wildman–Crippen LogP) is 4.49. The molecule has 0 saturated carbocycles. The fourth-order valence-corrected chi connectivity index (χ4v) is 5.06. The van der Waals surface area contributed by atoms with Crippen molar-refractivity contribution >= 4 is 50.7 Å². The normalized spacial score (nSPS) is 12.2. The molecule has 0 heterocycles. The number of rotatable bonds is 12. The molecule has 0 saturated heterocycles. The third-order valence-electron chi connectivity index (χ3n) is 5.32. The van der Waals surface area contributed by atoms with E-state index in [9.17, 15) is 18.0 Å². The third kappa shape index (κ3) is 7.75. The van der Waals surface area contributed by atoms with Gasteiger partial charge in [0, 0.05) is 28.2 Å². The zero-order chi connectivity index (χ0) is 27.0. The van der Waals surface area contributed by atoms with Crippen molar-refractivity contribution in [2.24, 2.45) is 0 Å². The Balaban J connectivity index is 2.55. The van der Waals surface area contributed by atoms with Crippen molar-refractivity contribution in [2.75, 3.05) is 23.7 Å². The topological polar surface area (TPSA) is 96.0 Å². The zero-order valence-electron chi connectivity index (χ0n) is 21.1. The standard InChI is InChI=1S/C25H33Cl2N3O5S/c1-6-21(25(32)28-17(3)4)29(15-18-19(26)11-10-12-20(18)27)24(31)16-30(36(5,33)34)22-13-8-9-14-23(22)35-7-2/h8-14,17,21H,6-7,15-16H2,1-5H3,(H,28,32). The van der Waals surface area contributed by atoms with Gasteiger partial charge in [-0.25, -0.2) is 8.42 Å². The molecule has 0 aromatic heterocycles. The number of anilines is 1. The summed E-state index contributed by atoms with van der Waals surface area (Å²) in [4.78, 5) is 28.2. The lowest BCUT2D eigenvalue weighted by Gasteiger charge is -2.33. The lowest BCUT2D eigenvalue weighted by atomic mass is 10.1. The van der Waals surface area contributed by atoms with Gasteiger partial charge in [-0.3, -0.25) is 13.9 Å². The number of carbonyl (C=O) groups is 2. The van der Waals surface area contributed by atoms with Gasteiger partial charge in [0.15, 0.2) is 0 Å². The molecule has 0 fully saturated rings. The van der Waals surface area contributed by atoms with Crippen LogP contribution in [0.25, 0.3) is 0 Å². The Morgan fingerprint density at radius 2 is 1.64 bits per heavy atom. The van der Waals surface area contributed by atoms with Crippen LogP contribution < -0.4 is 14.4 Å². The van der Waals surface area contributed by atoms with Gasteiger partial charge in [-0.15, -0.1) is 0 Å². The van der Waals surface area contributed by atoms with Gasteiger partial charge in [-0.2, -0.15) is 0 Å². The molecule has 1 unspecified atom stereocenters. The molecule has 1 atom stereocenters. The number of nitrogens with zero attached hydrogens (tertiary/aromatic N) is 2. The van der Waals surface area contributed by atoms with Crippen molar-refractivity contribution in [1.29, 1.82) is 0 Å². The number of carbonyl (C=O) groups excluding carboxylic acids is 2. The zero-order valence-corrected chi connectivity index (χ0v) is 23.5. The lowest BCUT2D eigenvalue weighted by molar-refractivity contribution is -0.140. The number of ether oxygens (including phenoxy) is 1. The molecule has 8 nitrogen and oxygen atoms in total. The van der Waals surface area contributed by atoms with Crippen molar-refractivity contribution in [3.8, 4) is 5.75 Å². The first-order valence-corrected chi connectivity index (χ1v) is 14.2. The quantitative estimate of drug-likeness (QED) is 0.414. The van der Waals surface area contributed by atoms with Crippen molar-refractivity contribution in [1.82, 2.24) is 10.2 Å². The highest BCUT2D eigenvalue weighted by Gasteiger charge is 2.33. The van der Waals surface area contributed by atoms with Crippen LogP contribution in [-0.2, 0) is 26.2 Å². The van der Waals surface area contributed by atoms with Gasteiger partial charge < -0.3 is 15.0 Å². The molecule has 2 aromatic rings. The molecule has 0 aliphatic heterocycles. The van der Waals surface area contributed by atoms with Crippen molar-refractivity contribution in [2.45, 2.75) is 52.7 Å². The van der Waals surface area contributed by atoms with E-state index in [0.29, 0.717) is 34.4 Å². The van der Waals surface area contributed by atoms with Gasteiger partial charge >= 0.3 is 0 Å². The number of halogens is 2. The van der Waals surface area contributed by atoms with Crippen LogP contribution in [0.5, 0.6) is 5.75 Å². The monoisotopic (exact) mass is 557 g/mol. The number of hydrogen-bond acceptors (Lipinski definition) is 5. The van der Waals surface area contributed by atoms with Gasteiger partial charge in [0.25, 0.3) is 0 Å². The number of para-hydroxylation sites is 2. The van der Waals surface area contributed by atoms with E-state index >= 15 is 0 Å². The Morgan fingerprint density at radius 1 is 1.03 bits per heavy atom. The number of sulfonamides is 1. The Hall–Kier alpha value is -2.49. The van der Waals surface area contributed by atoms with E-state index in [1.165, 1.54) is 4.90 Å². The molecule has 1 N–H and O–H groups in total. The van der Waals surface area contributed by atoms with Crippen LogP contribution in [-0.4, -0.2) is 56.6 Å². The number of hydrogen-bond donors (Lipinski definition) is 1. The van der Waals surface area contributed by atoms with Gasteiger partial charge in [-0.05, 0) is 51.5 Å². The molecule has 11 heteroatoms. The molecule has 0 spiro atoms. The van der Waals surface area contributed by atoms with Gasteiger partial charge in [-0.1, -0.05) is 48.3 Å². The largest absolute Gasteiger partial charge is 0.492 e. The van der Waals surface area contributed by atoms with Crippen LogP contribution in [0, 0.1) is 0 Å². The summed E-state index contributed by atoms with van der Waals surface area (Å²) < 4.78 is 32.2. The summed E-state index contributed by atoms with van der Waals surface area (Å²) in [5.74, 6) is -0.623. The fraction of sp³-hybridized carbons (Fsp3) is 0.440. The summed E-state index contributed by atoms with van der Waals surface area (Å²) in [6.07, 6.45) is 1.31. The Bertz CT molecular complexity index is 1150. The molecule has 2 rings (SSSR count). The molecular formula is C25H33Cl2N3O5S. The maximum absolute atomic E-state index is 13.8. The second kappa shape index (κ2) is 13.2. The van der Waals surface area contributed by atoms with E-state index in [-0.39, 0.29) is 24.2 Å². The van der Waals surface area contributed by atoms with Crippen LogP contribution in [0.2, 0.25) is 10.0 Å². The van der Waals surface area contributed by atoms with Gasteiger partial charge in [0.05, 0.1) is 18.6 Å². The summed E-state index contributed by atoms with van der Waals surface area (Å²) in [6.45, 7) is 6.88. The first kappa shape index (κ1) is 29.7. The van der Waals surface area contributed by atoms with Crippen LogP contribution >= 0.6 is 23.2 Å². The molecule has 36 heavy (non-hydrogen) atoms. The average molecular weight is 559 g/mol. The van der Waals surface area contributed by atoms with E-state index in [0.717, 1.165) is 10.6 Å². The fourth-order valence-electron chi connectivity index (χ4n) is 3.69. The summed E-state index contributed by atoms with van der Waals surface area (Å²) in [5.41, 5.74) is 0.691.